The molecule has 2 aromatic heterocycles. The van der Waals surface area contributed by atoms with Gasteiger partial charge in [0, 0.05) is 18.7 Å². The minimum Gasteiger partial charge on any atom is -0.469 e. The molecule has 8 heteroatoms. The lowest BCUT2D eigenvalue weighted by molar-refractivity contribution is 0.479. The molecule has 0 spiro atoms. The van der Waals surface area contributed by atoms with Crippen molar-refractivity contribution >= 4 is 33.2 Å². The molecule has 20 heavy (non-hydrogen) atoms. The van der Waals surface area contributed by atoms with Gasteiger partial charge in [-0.25, -0.2) is 18.1 Å². The summed E-state index contributed by atoms with van der Waals surface area (Å²) in [5, 5.41) is 0.155. The first-order valence-corrected chi connectivity index (χ1v) is 7.98. The topological polar surface area (TPSA) is 72.2 Å². The number of hydrogen-bond donors (Lipinski definition) is 1. The predicted octanol–water partition coefficient (Wildman–Crippen LogP) is 2.89. The van der Waals surface area contributed by atoms with Crippen molar-refractivity contribution in [1.82, 2.24) is 9.71 Å². The summed E-state index contributed by atoms with van der Waals surface area (Å²) >= 11 is 11.4. The first kappa shape index (κ1) is 15.3. The molecule has 2 aromatic rings. The van der Waals surface area contributed by atoms with Gasteiger partial charge in [-0.05, 0) is 25.1 Å². The molecule has 1 unspecified atom stereocenters. The Labute approximate surface area is 127 Å². The lowest BCUT2D eigenvalue weighted by Crippen LogP contribution is -2.34. The number of aromatic nitrogens is 1. The van der Waals surface area contributed by atoms with Gasteiger partial charge in [0.25, 0.3) is 0 Å². The molecular formula is C12H12Cl2N2O3S. The van der Waals surface area contributed by atoms with Crippen LogP contribution in [0, 0.1) is 0 Å². The summed E-state index contributed by atoms with van der Waals surface area (Å²) in [7, 11) is -3.70. The normalized spacial score (nSPS) is 13.3. The summed E-state index contributed by atoms with van der Waals surface area (Å²) in [6.07, 6.45) is 3.15. The standard InChI is InChI=1S/C12H12Cl2N2O3S/c1-8(5-9-3-2-4-19-9)16-20(17,18)10-6-11(13)12(14)15-7-10/h2-4,6-8,16H,5H2,1H3. The third-order valence-corrected chi connectivity index (χ3v) is 4.77. The molecule has 1 N–H and O–H groups in total. The number of rotatable bonds is 5. The smallest absolute Gasteiger partial charge is 0.242 e. The van der Waals surface area contributed by atoms with E-state index in [1.54, 1.807) is 25.3 Å². The molecule has 0 aromatic carbocycles. The minimum absolute atomic E-state index is 0.0294. The maximum atomic E-state index is 12.2. The van der Waals surface area contributed by atoms with E-state index in [4.69, 9.17) is 27.6 Å². The Kier molecular flexibility index (Phi) is 4.70. The average Bonchev–Trinajstić information content (AvgIpc) is 2.84. The summed E-state index contributed by atoms with van der Waals surface area (Å²) in [5.74, 6) is 0.701. The summed E-state index contributed by atoms with van der Waals surface area (Å²) < 4.78 is 32.0. The van der Waals surface area contributed by atoms with Gasteiger partial charge in [0.1, 0.15) is 15.8 Å². The maximum Gasteiger partial charge on any atom is 0.242 e. The number of hydrogen-bond acceptors (Lipinski definition) is 4. The van der Waals surface area contributed by atoms with E-state index in [9.17, 15) is 8.42 Å². The monoisotopic (exact) mass is 334 g/mol. The highest BCUT2D eigenvalue weighted by atomic mass is 35.5. The first-order chi connectivity index (χ1) is 9.38. The second kappa shape index (κ2) is 6.13. The van der Waals surface area contributed by atoms with Crippen LogP contribution in [0.4, 0.5) is 0 Å². The SMILES string of the molecule is CC(Cc1ccco1)NS(=O)(=O)c1cnc(Cl)c(Cl)c1. The van der Waals surface area contributed by atoms with E-state index in [2.05, 4.69) is 9.71 Å². The van der Waals surface area contributed by atoms with Crippen LogP contribution in [0.15, 0.2) is 40.0 Å². The van der Waals surface area contributed by atoms with Gasteiger partial charge in [0.15, 0.2) is 0 Å². The third-order valence-electron chi connectivity index (χ3n) is 2.53. The number of halogens is 2. The second-order valence-corrected chi connectivity index (χ2v) is 6.73. The Morgan fingerprint density at radius 2 is 2.20 bits per heavy atom. The minimum atomic E-state index is -3.70. The average molecular weight is 335 g/mol. The Morgan fingerprint density at radius 3 is 2.80 bits per heavy atom. The van der Waals surface area contributed by atoms with Crippen molar-refractivity contribution < 1.29 is 12.8 Å². The highest BCUT2D eigenvalue weighted by molar-refractivity contribution is 7.89. The number of furan rings is 1. The highest BCUT2D eigenvalue weighted by Gasteiger charge is 2.19. The quantitative estimate of drug-likeness (QED) is 0.853. The molecule has 0 bridgehead atoms. The third kappa shape index (κ3) is 3.73. The van der Waals surface area contributed by atoms with Crippen molar-refractivity contribution in [1.29, 1.82) is 0 Å². The Bertz CT molecular complexity index is 687. The lowest BCUT2D eigenvalue weighted by atomic mass is 10.2. The number of sulfonamides is 1. The van der Waals surface area contributed by atoms with Crippen molar-refractivity contribution in [2.24, 2.45) is 0 Å². The fourth-order valence-electron chi connectivity index (χ4n) is 1.66. The van der Waals surface area contributed by atoms with Crippen LogP contribution in [0.3, 0.4) is 0 Å². The van der Waals surface area contributed by atoms with Gasteiger partial charge in [-0.3, -0.25) is 0 Å². The van der Waals surface area contributed by atoms with Crippen LogP contribution < -0.4 is 4.72 Å². The fraction of sp³-hybridized carbons (Fsp3) is 0.250. The van der Waals surface area contributed by atoms with E-state index in [1.165, 1.54) is 6.07 Å². The molecule has 1 atom stereocenters. The molecule has 0 aliphatic heterocycles. The van der Waals surface area contributed by atoms with E-state index < -0.39 is 10.0 Å². The van der Waals surface area contributed by atoms with Crippen LogP contribution in [0.25, 0.3) is 0 Å². The molecule has 2 rings (SSSR count). The van der Waals surface area contributed by atoms with Crippen molar-refractivity contribution in [2.45, 2.75) is 24.3 Å². The van der Waals surface area contributed by atoms with E-state index >= 15 is 0 Å². The number of nitrogens with zero attached hydrogens (tertiary/aromatic N) is 1. The van der Waals surface area contributed by atoms with Crippen LogP contribution in [0.5, 0.6) is 0 Å². The molecule has 0 saturated heterocycles. The van der Waals surface area contributed by atoms with Gasteiger partial charge < -0.3 is 4.42 Å². The molecule has 0 aliphatic carbocycles. The van der Waals surface area contributed by atoms with Gasteiger partial charge in [0.2, 0.25) is 10.0 Å². The second-order valence-electron chi connectivity index (χ2n) is 4.25. The summed E-state index contributed by atoms with van der Waals surface area (Å²) in [5.41, 5.74) is 0. The molecule has 0 aliphatic rings. The summed E-state index contributed by atoms with van der Waals surface area (Å²) in [6, 6.07) is 4.46. The highest BCUT2D eigenvalue weighted by Crippen LogP contribution is 2.22. The predicted molar refractivity (Wildman–Crippen MR) is 76.5 cm³/mol. The molecular weight excluding hydrogens is 323 g/mol. The van der Waals surface area contributed by atoms with Crippen LogP contribution in [-0.2, 0) is 16.4 Å². The van der Waals surface area contributed by atoms with Gasteiger partial charge in [-0.15, -0.1) is 0 Å². The zero-order valence-corrected chi connectivity index (χ0v) is 12.8. The molecule has 0 amide bonds. The maximum absolute atomic E-state index is 12.2. The van der Waals surface area contributed by atoms with Gasteiger partial charge in [-0.2, -0.15) is 0 Å². The molecule has 0 saturated carbocycles. The molecule has 2 heterocycles. The van der Waals surface area contributed by atoms with Crippen LogP contribution in [0.1, 0.15) is 12.7 Å². The van der Waals surface area contributed by atoms with Crippen LogP contribution >= 0.6 is 23.2 Å². The van der Waals surface area contributed by atoms with E-state index in [0.29, 0.717) is 12.2 Å². The number of nitrogens with one attached hydrogen (secondary N) is 1. The molecule has 108 valence electrons. The van der Waals surface area contributed by atoms with Crippen molar-refractivity contribution in [3.63, 3.8) is 0 Å². The van der Waals surface area contributed by atoms with E-state index in [-0.39, 0.29) is 21.1 Å². The molecule has 0 fully saturated rings. The fourth-order valence-corrected chi connectivity index (χ4v) is 3.20. The zero-order chi connectivity index (χ0) is 14.8. The Morgan fingerprint density at radius 1 is 1.45 bits per heavy atom. The summed E-state index contributed by atoms with van der Waals surface area (Å²) in [6.45, 7) is 1.74. The van der Waals surface area contributed by atoms with Crippen molar-refractivity contribution in [3.05, 3.63) is 46.6 Å². The molecule has 0 radical (unpaired) electrons. The van der Waals surface area contributed by atoms with E-state index in [0.717, 1.165) is 6.20 Å². The number of pyridine rings is 1. The van der Waals surface area contributed by atoms with Crippen LogP contribution in [0.2, 0.25) is 10.2 Å². The van der Waals surface area contributed by atoms with Gasteiger partial charge in [-0.1, -0.05) is 23.2 Å². The first-order valence-electron chi connectivity index (χ1n) is 5.74. The lowest BCUT2D eigenvalue weighted by Gasteiger charge is -2.13. The Balaban J connectivity index is 2.12. The zero-order valence-electron chi connectivity index (χ0n) is 10.5. The van der Waals surface area contributed by atoms with Gasteiger partial charge >= 0.3 is 0 Å². The van der Waals surface area contributed by atoms with Crippen molar-refractivity contribution in [3.8, 4) is 0 Å². The van der Waals surface area contributed by atoms with Gasteiger partial charge in [0.05, 0.1) is 11.3 Å². The molecule has 5 nitrogen and oxygen atoms in total. The van der Waals surface area contributed by atoms with Crippen molar-refractivity contribution in [2.75, 3.05) is 0 Å². The van der Waals surface area contributed by atoms with Crippen LogP contribution in [-0.4, -0.2) is 19.4 Å². The van der Waals surface area contributed by atoms with E-state index in [1.807, 2.05) is 0 Å². The Hall–Kier alpha value is -1.08. The summed E-state index contributed by atoms with van der Waals surface area (Å²) in [4.78, 5) is 3.69. The largest absolute Gasteiger partial charge is 0.469 e.